The predicted molar refractivity (Wildman–Crippen MR) is 131 cm³/mol. The molecule has 6 nitrogen and oxygen atoms in total. The number of carbonyl (C=O) groups is 4. The van der Waals surface area contributed by atoms with Crippen molar-refractivity contribution in [2.24, 2.45) is 11.8 Å². The molecule has 8 heteroatoms. The molecule has 2 amide bonds. The van der Waals surface area contributed by atoms with Gasteiger partial charge in [-0.15, -0.1) is 0 Å². The van der Waals surface area contributed by atoms with Crippen LogP contribution in [-0.2, 0) is 14.3 Å². The van der Waals surface area contributed by atoms with E-state index in [0.717, 1.165) is 11.1 Å². The van der Waals surface area contributed by atoms with Gasteiger partial charge in [-0.25, -0.2) is 4.79 Å². The standard InChI is InChI=1S/C25H23Br2NO5/c1-13-6-7-15(8-14(13)2)22(29)12-33-25(32)16-4-3-5-17(9-16)28-23(30)18-10-20(26)21(27)11-19(18)24(28)31/h3-9,18-21H,10-12H2,1-2H3/t18-,19+,20+,21-. The quantitative estimate of drug-likeness (QED) is 0.222. The zero-order chi connectivity index (χ0) is 23.9. The minimum absolute atomic E-state index is 0.117. The van der Waals surface area contributed by atoms with Crippen LogP contribution >= 0.6 is 31.9 Å². The van der Waals surface area contributed by atoms with Crippen molar-refractivity contribution >= 4 is 61.1 Å². The number of ketones is 1. The highest BCUT2D eigenvalue weighted by Crippen LogP contribution is 2.44. The van der Waals surface area contributed by atoms with Crippen molar-refractivity contribution in [1.29, 1.82) is 0 Å². The minimum atomic E-state index is -0.688. The van der Waals surface area contributed by atoms with E-state index in [4.69, 9.17) is 4.74 Å². The zero-order valence-electron chi connectivity index (χ0n) is 18.2. The third kappa shape index (κ3) is 4.68. The zero-order valence-corrected chi connectivity index (χ0v) is 21.4. The van der Waals surface area contributed by atoms with Gasteiger partial charge >= 0.3 is 5.97 Å². The van der Waals surface area contributed by atoms with Gasteiger partial charge in [-0.2, -0.15) is 0 Å². The largest absolute Gasteiger partial charge is 0.454 e. The maximum Gasteiger partial charge on any atom is 0.338 e. The van der Waals surface area contributed by atoms with E-state index in [1.165, 1.54) is 17.0 Å². The Hall–Kier alpha value is -2.32. The minimum Gasteiger partial charge on any atom is -0.454 e. The van der Waals surface area contributed by atoms with Crippen LogP contribution in [0.1, 0.15) is 44.7 Å². The van der Waals surface area contributed by atoms with Crippen molar-refractivity contribution in [1.82, 2.24) is 0 Å². The highest BCUT2D eigenvalue weighted by Gasteiger charge is 2.52. The summed E-state index contributed by atoms with van der Waals surface area (Å²) < 4.78 is 5.22. The molecule has 33 heavy (non-hydrogen) atoms. The predicted octanol–water partition coefficient (Wildman–Crippen LogP) is 4.77. The number of nitrogens with zero attached hydrogens (tertiary/aromatic N) is 1. The fourth-order valence-electron chi connectivity index (χ4n) is 4.33. The van der Waals surface area contributed by atoms with Crippen LogP contribution < -0.4 is 4.90 Å². The molecule has 172 valence electrons. The molecule has 2 aromatic carbocycles. The van der Waals surface area contributed by atoms with Crippen LogP contribution in [0.4, 0.5) is 5.69 Å². The topological polar surface area (TPSA) is 80.8 Å². The van der Waals surface area contributed by atoms with Crippen molar-refractivity contribution < 1.29 is 23.9 Å². The van der Waals surface area contributed by atoms with E-state index in [2.05, 4.69) is 31.9 Å². The average Bonchev–Trinajstić information content (AvgIpc) is 3.03. The Bertz CT molecular complexity index is 1120. The molecular weight excluding hydrogens is 554 g/mol. The number of hydrogen-bond acceptors (Lipinski definition) is 5. The van der Waals surface area contributed by atoms with E-state index in [9.17, 15) is 19.2 Å². The second kappa shape index (κ2) is 9.50. The van der Waals surface area contributed by atoms with E-state index >= 15 is 0 Å². The summed E-state index contributed by atoms with van der Waals surface area (Å²) in [4.78, 5) is 52.5. The number of fused-ring (bicyclic) bond motifs is 1. The molecule has 1 saturated carbocycles. The van der Waals surface area contributed by atoms with Crippen molar-refractivity contribution in [3.8, 4) is 0 Å². The van der Waals surface area contributed by atoms with Gasteiger partial charge in [-0.3, -0.25) is 19.3 Å². The summed E-state index contributed by atoms with van der Waals surface area (Å²) in [6.07, 6.45) is 1.15. The molecule has 1 aliphatic heterocycles. The number of halogens is 2. The number of anilines is 1. The highest BCUT2D eigenvalue weighted by atomic mass is 79.9. The average molecular weight is 577 g/mol. The van der Waals surface area contributed by atoms with Crippen molar-refractivity contribution in [3.05, 3.63) is 64.7 Å². The Morgan fingerprint density at radius 1 is 0.909 bits per heavy atom. The van der Waals surface area contributed by atoms with E-state index < -0.39 is 12.6 Å². The van der Waals surface area contributed by atoms with Crippen LogP contribution in [0.2, 0.25) is 0 Å². The molecular formula is C25H23Br2NO5. The van der Waals surface area contributed by atoms with Gasteiger partial charge in [0.2, 0.25) is 11.8 Å². The summed E-state index contributed by atoms with van der Waals surface area (Å²) in [5.41, 5.74) is 3.05. The van der Waals surface area contributed by atoms with Gasteiger partial charge in [0.1, 0.15) is 0 Å². The lowest BCUT2D eigenvalue weighted by Crippen LogP contribution is -2.34. The SMILES string of the molecule is Cc1ccc(C(=O)COC(=O)c2cccc(N3C(=O)[C@H]4C[C@@H](Br)[C@@H](Br)C[C@H]4C3=O)c2)cc1C. The molecule has 2 aliphatic rings. The van der Waals surface area contributed by atoms with E-state index in [1.54, 1.807) is 24.3 Å². The van der Waals surface area contributed by atoms with Crippen LogP contribution in [0.15, 0.2) is 42.5 Å². The summed E-state index contributed by atoms with van der Waals surface area (Å²) >= 11 is 7.16. The lowest BCUT2D eigenvalue weighted by Gasteiger charge is -2.29. The summed E-state index contributed by atoms with van der Waals surface area (Å²) in [5, 5.41) is 0. The monoisotopic (exact) mass is 575 g/mol. The first kappa shape index (κ1) is 23.8. The first-order valence-corrected chi connectivity index (χ1v) is 12.5. The molecule has 4 atom stereocenters. The Labute approximate surface area is 208 Å². The molecule has 0 N–H and O–H groups in total. The van der Waals surface area contributed by atoms with Crippen LogP contribution in [0.25, 0.3) is 0 Å². The smallest absolute Gasteiger partial charge is 0.338 e. The van der Waals surface area contributed by atoms with Crippen LogP contribution in [0, 0.1) is 25.7 Å². The number of rotatable bonds is 5. The molecule has 2 fully saturated rings. The molecule has 4 rings (SSSR count). The molecule has 0 unspecified atom stereocenters. The van der Waals surface area contributed by atoms with Gasteiger partial charge in [-0.05, 0) is 62.1 Å². The lowest BCUT2D eigenvalue weighted by molar-refractivity contribution is -0.122. The summed E-state index contributed by atoms with van der Waals surface area (Å²) in [6.45, 7) is 3.48. The Kier molecular flexibility index (Phi) is 6.86. The number of esters is 1. The molecule has 0 bridgehead atoms. The molecule has 1 aliphatic carbocycles. The maximum atomic E-state index is 13.0. The van der Waals surface area contributed by atoms with Crippen LogP contribution in [0.3, 0.4) is 0 Å². The summed E-state index contributed by atoms with van der Waals surface area (Å²) in [5.74, 6) is -2.23. The summed E-state index contributed by atoms with van der Waals surface area (Å²) in [6, 6.07) is 11.6. The van der Waals surface area contributed by atoms with E-state index in [0.29, 0.717) is 24.1 Å². The Balaban J connectivity index is 1.47. The number of ether oxygens (including phenoxy) is 1. The first-order valence-electron chi connectivity index (χ1n) is 10.7. The third-order valence-electron chi connectivity index (χ3n) is 6.41. The fourth-order valence-corrected chi connectivity index (χ4v) is 5.57. The number of Topliss-reactive ketones (excluding diaryl/α,β-unsaturated/α-hetero) is 1. The number of carbonyl (C=O) groups excluding carboxylic acids is 4. The lowest BCUT2D eigenvalue weighted by atomic mass is 9.81. The maximum absolute atomic E-state index is 13.0. The van der Waals surface area contributed by atoms with Crippen molar-refractivity contribution in [2.75, 3.05) is 11.5 Å². The molecule has 2 aromatic rings. The number of aryl methyl sites for hydroxylation is 2. The van der Waals surface area contributed by atoms with E-state index in [1.807, 2.05) is 19.9 Å². The third-order valence-corrected chi connectivity index (χ3v) is 9.15. The fraction of sp³-hybridized carbons (Fsp3) is 0.360. The normalized spacial score (nSPS) is 24.5. The molecule has 0 spiro atoms. The molecule has 0 radical (unpaired) electrons. The number of amides is 2. The van der Waals surface area contributed by atoms with Crippen molar-refractivity contribution in [2.45, 2.75) is 36.3 Å². The van der Waals surface area contributed by atoms with Gasteiger partial charge in [0.05, 0.1) is 23.1 Å². The number of imide groups is 1. The second-order valence-electron chi connectivity index (χ2n) is 8.58. The van der Waals surface area contributed by atoms with E-state index in [-0.39, 0.29) is 44.7 Å². The van der Waals surface area contributed by atoms with Gasteiger partial charge in [0, 0.05) is 15.2 Å². The van der Waals surface area contributed by atoms with Gasteiger partial charge in [-0.1, -0.05) is 50.1 Å². The van der Waals surface area contributed by atoms with Crippen molar-refractivity contribution in [3.63, 3.8) is 0 Å². The van der Waals surface area contributed by atoms with Gasteiger partial charge in [0.15, 0.2) is 12.4 Å². The molecule has 1 saturated heterocycles. The highest BCUT2D eigenvalue weighted by molar-refractivity contribution is 9.12. The van der Waals surface area contributed by atoms with Gasteiger partial charge in [0.25, 0.3) is 0 Å². The second-order valence-corrected chi connectivity index (χ2v) is 10.9. The number of alkyl halides is 2. The van der Waals surface area contributed by atoms with Crippen LogP contribution in [-0.4, -0.2) is 39.8 Å². The molecule has 1 heterocycles. The Morgan fingerprint density at radius 3 is 2.15 bits per heavy atom. The molecule has 0 aromatic heterocycles. The number of hydrogen-bond donors (Lipinski definition) is 0. The Morgan fingerprint density at radius 2 is 1.55 bits per heavy atom. The first-order chi connectivity index (χ1) is 15.7. The number of benzene rings is 2. The summed E-state index contributed by atoms with van der Waals surface area (Å²) in [7, 11) is 0. The van der Waals surface area contributed by atoms with Crippen LogP contribution in [0.5, 0.6) is 0 Å². The van der Waals surface area contributed by atoms with Gasteiger partial charge < -0.3 is 4.74 Å².